The Bertz CT molecular complexity index is 451. The summed E-state index contributed by atoms with van der Waals surface area (Å²) in [6.45, 7) is 0.292. The second-order valence-electron chi connectivity index (χ2n) is 6.80. The molecule has 4 heteroatoms. The number of nitrogens with one attached hydrogen (secondary N) is 1. The largest absolute Gasteiger partial charge is 0.396 e. The van der Waals surface area contributed by atoms with Crippen LogP contribution in [-0.4, -0.2) is 27.5 Å². The van der Waals surface area contributed by atoms with Gasteiger partial charge in [-0.3, -0.25) is 4.68 Å². The first-order valence-electron chi connectivity index (χ1n) is 8.67. The summed E-state index contributed by atoms with van der Waals surface area (Å²) in [5, 5.41) is 17.8. The van der Waals surface area contributed by atoms with Crippen LogP contribution >= 0.6 is 0 Å². The van der Waals surface area contributed by atoms with Crippen LogP contribution in [0.15, 0.2) is 6.20 Å². The average Bonchev–Trinajstić information content (AvgIpc) is 2.90. The maximum Gasteiger partial charge on any atom is 0.0540 e. The lowest BCUT2D eigenvalue weighted by Crippen LogP contribution is -2.41. The Morgan fingerprint density at radius 3 is 2.86 bits per heavy atom. The predicted octanol–water partition coefficient (Wildman–Crippen LogP) is 2.72. The van der Waals surface area contributed by atoms with Gasteiger partial charge in [0.1, 0.15) is 0 Å². The molecule has 118 valence electrons. The van der Waals surface area contributed by atoms with Crippen LogP contribution in [0.1, 0.15) is 68.7 Å². The number of aryl methyl sites for hydroxylation is 1. The number of hydrogen-bond acceptors (Lipinski definition) is 3. The van der Waals surface area contributed by atoms with Crippen molar-refractivity contribution in [3.05, 3.63) is 17.5 Å². The molecule has 0 spiro atoms. The molecule has 2 N–H and O–H groups in total. The first-order valence-corrected chi connectivity index (χ1v) is 8.67. The van der Waals surface area contributed by atoms with Crippen molar-refractivity contribution in [2.24, 2.45) is 13.0 Å². The highest BCUT2D eigenvalue weighted by atomic mass is 16.3. The Morgan fingerprint density at radius 1 is 1.29 bits per heavy atom. The molecule has 2 unspecified atom stereocenters. The standard InChI is InChI=1S/C17H29N3O/c1-20-17-9-5-8-16(14(17)12-18-20)19-15(10-11-21)13-6-3-2-4-7-13/h12-13,15-16,19,21H,2-11H2,1H3. The lowest BCUT2D eigenvalue weighted by Gasteiger charge is -2.35. The molecule has 0 aliphatic heterocycles. The summed E-state index contributed by atoms with van der Waals surface area (Å²) in [6, 6.07) is 0.896. The van der Waals surface area contributed by atoms with Gasteiger partial charge in [-0.05, 0) is 44.4 Å². The summed E-state index contributed by atoms with van der Waals surface area (Å²) < 4.78 is 2.03. The number of nitrogens with zero attached hydrogens (tertiary/aromatic N) is 2. The van der Waals surface area contributed by atoms with E-state index in [0.29, 0.717) is 18.7 Å². The van der Waals surface area contributed by atoms with Gasteiger partial charge in [0.05, 0.1) is 6.20 Å². The highest BCUT2D eigenvalue weighted by molar-refractivity contribution is 5.24. The molecule has 1 fully saturated rings. The van der Waals surface area contributed by atoms with Gasteiger partial charge in [0.25, 0.3) is 0 Å². The minimum atomic E-state index is 0.292. The first kappa shape index (κ1) is 15.0. The van der Waals surface area contributed by atoms with Crippen molar-refractivity contribution >= 4 is 0 Å². The highest BCUT2D eigenvalue weighted by Crippen LogP contribution is 2.33. The Kier molecular flexibility index (Phi) is 4.96. The molecular formula is C17H29N3O. The molecule has 2 aliphatic rings. The van der Waals surface area contributed by atoms with E-state index in [1.54, 1.807) is 0 Å². The molecule has 1 heterocycles. The van der Waals surface area contributed by atoms with Crippen molar-refractivity contribution in [1.29, 1.82) is 0 Å². The molecule has 1 aromatic heterocycles. The Labute approximate surface area is 127 Å². The third kappa shape index (κ3) is 3.32. The van der Waals surface area contributed by atoms with Crippen molar-refractivity contribution in [2.45, 2.75) is 69.9 Å². The molecule has 0 aromatic carbocycles. The third-order valence-electron chi connectivity index (χ3n) is 5.45. The van der Waals surface area contributed by atoms with E-state index < -0.39 is 0 Å². The number of aliphatic hydroxyl groups is 1. The van der Waals surface area contributed by atoms with Gasteiger partial charge in [-0.15, -0.1) is 0 Å². The number of fused-ring (bicyclic) bond motifs is 1. The van der Waals surface area contributed by atoms with Gasteiger partial charge in [0.15, 0.2) is 0 Å². The minimum Gasteiger partial charge on any atom is -0.396 e. The Balaban J connectivity index is 1.70. The van der Waals surface area contributed by atoms with E-state index in [2.05, 4.69) is 10.4 Å². The highest BCUT2D eigenvalue weighted by Gasteiger charge is 2.29. The summed E-state index contributed by atoms with van der Waals surface area (Å²) in [5.41, 5.74) is 2.78. The summed E-state index contributed by atoms with van der Waals surface area (Å²) >= 11 is 0. The summed E-state index contributed by atoms with van der Waals surface area (Å²) in [6.07, 6.45) is 13.3. The van der Waals surface area contributed by atoms with Crippen LogP contribution in [0.4, 0.5) is 0 Å². The first-order chi connectivity index (χ1) is 10.3. The van der Waals surface area contributed by atoms with Crippen molar-refractivity contribution in [1.82, 2.24) is 15.1 Å². The molecule has 2 atom stereocenters. The lowest BCUT2D eigenvalue weighted by molar-refractivity contribution is 0.192. The smallest absolute Gasteiger partial charge is 0.0540 e. The van der Waals surface area contributed by atoms with Crippen LogP contribution < -0.4 is 5.32 Å². The fourth-order valence-electron chi connectivity index (χ4n) is 4.27. The molecule has 21 heavy (non-hydrogen) atoms. The monoisotopic (exact) mass is 291 g/mol. The van der Waals surface area contributed by atoms with Crippen LogP contribution in [0, 0.1) is 5.92 Å². The van der Waals surface area contributed by atoms with Crippen molar-refractivity contribution in [2.75, 3.05) is 6.61 Å². The number of rotatable bonds is 5. The van der Waals surface area contributed by atoms with Crippen LogP contribution in [0.25, 0.3) is 0 Å². The number of hydrogen-bond donors (Lipinski definition) is 2. The molecule has 0 amide bonds. The molecule has 3 rings (SSSR count). The van der Waals surface area contributed by atoms with E-state index in [0.717, 1.165) is 18.8 Å². The van der Waals surface area contributed by atoms with Crippen LogP contribution in [-0.2, 0) is 13.5 Å². The van der Waals surface area contributed by atoms with Gasteiger partial charge in [-0.2, -0.15) is 5.10 Å². The van der Waals surface area contributed by atoms with E-state index in [1.165, 1.54) is 56.2 Å². The normalized spacial score (nSPS) is 24.8. The Morgan fingerprint density at radius 2 is 2.10 bits per heavy atom. The zero-order valence-electron chi connectivity index (χ0n) is 13.2. The molecule has 1 aromatic rings. The zero-order chi connectivity index (χ0) is 14.7. The second-order valence-corrected chi connectivity index (χ2v) is 6.80. The van der Waals surface area contributed by atoms with Gasteiger partial charge in [0, 0.05) is 37.0 Å². The molecule has 4 nitrogen and oxygen atoms in total. The molecule has 0 saturated heterocycles. The summed E-state index contributed by atoms with van der Waals surface area (Å²) in [5.74, 6) is 0.743. The fourth-order valence-corrected chi connectivity index (χ4v) is 4.27. The number of aliphatic hydroxyl groups excluding tert-OH is 1. The maximum absolute atomic E-state index is 9.44. The van der Waals surface area contributed by atoms with Crippen molar-refractivity contribution in [3.8, 4) is 0 Å². The molecule has 0 bridgehead atoms. The van der Waals surface area contributed by atoms with E-state index in [4.69, 9.17) is 0 Å². The number of aromatic nitrogens is 2. The maximum atomic E-state index is 9.44. The molecular weight excluding hydrogens is 262 g/mol. The molecule has 0 radical (unpaired) electrons. The quantitative estimate of drug-likeness (QED) is 0.877. The third-order valence-corrected chi connectivity index (χ3v) is 5.45. The second kappa shape index (κ2) is 6.93. The van der Waals surface area contributed by atoms with Crippen LogP contribution in [0.2, 0.25) is 0 Å². The van der Waals surface area contributed by atoms with Gasteiger partial charge < -0.3 is 10.4 Å². The van der Waals surface area contributed by atoms with Gasteiger partial charge >= 0.3 is 0 Å². The Hall–Kier alpha value is -0.870. The van der Waals surface area contributed by atoms with E-state index in [1.807, 2.05) is 17.9 Å². The summed E-state index contributed by atoms with van der Waals surface area (Å²) in [4.78, 5) is 0. The van der Waals surface area contributed by atoms with E-state index in [-0.39, 0.29) is 0 Å². The van der Waals surface area contributed by atoms with Crippen molar-refractivity contribution < 1.29 is 5.11 Å². The van der Waals surface area contributed by atoms with Crippen LogP contribution in [0.5, 0.6) is 0 Å². The predicted molar refractivity (Wildman–Crippen MR) is 84.1 cm³/mol. The molecule has 1 saturated carbocycles. The van der Waals surface area contributed by atoms with Crippen LogP contribution in [0.3, 0.4) is 0 Å². The summed E-state index contributed by atoms with van der Waals surface area (Å²) in [7, 11) is 2.05. The van der Waals surface area contributed by atoms with Gasteiger partial charge in [0.2, 0.25) is 0 Å². The average molecular weight is 291 g/mol. The topological polar surface area (TPSA) is 50.1 Å². The van der Waals surface area contributed by atoms with E-state index in [9.17, 15) is 5.11 Å². The van der Waals surface area contributed by atoms with Gasteiger partial charge in [-0.25, -0.2) is 0 Å². The van der Waals surface area contributed by atoms with E-state index >= 15 is 0 Å². The zero-order valence-corrected chi connectivity index (χ0v) is 13.2. The molecule has 2 aliphatic carbocycles. The minimum absolute atomic E-state index is 0.292. The fraction of sp³-hybridized carbons (Fsp3) is 0.824. The SMILES string of the molecule is Cn1ncc2c1CCCC2NC(CCO)C1CCCCC1. The van der Waals surface area contributed by atoms with Gasteiger partial charge in [-0.1, -0.05) is 19.3 Å². The lowest BCUT2D eigenvalue weighted by atomic mass is 9.81. The van der Waals surface area contributed by atoms with Crippen molar-refractivity contribution in [3.63, 3.8) is 0 Å².